The summed E-state index contributed by atoms with van der Waals surface area (Å²) in [4.78, 5) is 0. The van der Waals surface area contributed by atoms with Gasteiger partial charge in [0.2, 0.25) is 2.97 Å². The maximum atomic E-state index is 14.1. The molecule has 0 heterocycles. The summed E-state index contributed by atoms with van der Waals surface area (Å²) in [6.45, 7) is 9.54. The molecule has 1 aromatic rings. The van der Waals surface area contributed by atoms with Gasteiger partial charge in [-0.15, -0.1) is 0 Å². The molecule has 0 N–H and O–H groups in total. The Balaban J connectivity index is 3.41. The van der Waals surface area contributed by atoms with Crippen LogP contribution in [0, 0.1) is 0 Å². The van der Waals surface area contributed by atoms with Gasteiger partial charge in [-0.1, -0.05) is 123 Å². The lowest BCUT2D eigenvalue weighted by Crippen LogP contribution is -2.17. The maximum Gasteiger partial charge on any atom is 0.362 e. The van der Waals surface area contributed by atoms with Crippen LogP contribution in [0.3, 0.4) is 0 Å². The molecule has 0 aliphatic heterocycles. The highest BCUT2D eigenvalue weighted by Crippen LogP contribution is 2.73. The molecule has 0 aliphatic rings. The van der Waals surface area contributed by atoms with Crippen LogP contribution in [0.1, 0.15) is 90.2 Å². The Bertz CT molecular complexity index is 856. The number of benzene rings is 1. The van der Waals surface area contributed by atoms with Crippen molar-refractivity contribution in [2.24, 2.45) is 0 Å². The molecule has 0 aromatic heterocycles. The van der Waals surface area contributed by atoms with E-state index in [1.807, 2.05) is 26.0 Å². The Morgan fingerprint density at radius 3 is 1.56 bits per heavy atom. The number of halogens is 4. The Morgan fingerprint density at radius 2 is 1.14 bits per heavy atom. The van der Waals surface area contributed by atoms with Gasteiger partial charge in [-0.3, -0.25) is 9.13 Å². The second-order valence-electron chi connectivity index (χ2n) is 8.44. The molecule has 0 fully saturated rings. The highest BCUT2D eigenvalue weighted by Gasteiger charge is 2.50. The third-order valence-corrected chi connectivity index (χ3v) is 14.2. The van der Waals surface area contributed by atoms with E-state index in [-0.39, 0.29) is 6.16 Å². The van der Waals surface area contributed by atoms with Gasteiger partial charge in [-0.05, 0) is 37.3 Å². The average Bonchev–Trinajstić information content (AvgIpc) is 2.82. The first-order valence-corrected chi connectivity index (χ1v) is 19.1. The lowest BCUT2D eigenvalue weighted by Gasteiger charge is -2.32. The minimum Gasteiger partial charge on any atom is -0.308 e. The van der Waals surface area contributed by atoms with Crippen molar-refractivity contribution in [3.05, 3.63) is 32.2 Å². The van der Waals surface area contributed by atoms with E-state index >= 15 is 0 Å². The number of unbranched alkanes of at least 4 members (excludes halogenated alkanes) is 4. The van der Waals surface area contributed by atoms with E-state index in [2.05, 4.69) is 77.6 Å². The summed E-state index contributed by atoms with van der Waals surface area (Å²) < 4.78 is 51.3. The van der Waals surface area contributed by atoms with Crippen LogP contribution in [0.4, 0.5) is 0 Å². The van der Waals surface area contributed by atoms with Crippen molar-refractivity contribution in [3.63, 3.8) is 0 Å². The summed E-state index contributed by atoms with van der Waals surface area (Å²) in [5, 5.41) is 0. The summed E-state index contributed by atoms with van der Waals surface area (Å²) in [6, 6.07) is 3.65. The van der Waals surface area contributed by atoms with Crippen molar-refractivity contribution in [1.82, 2.24) is 0 Å². The Kier molecular flexibility index (Phi) is 17.7. The van der Waals surface area contributed by atoms with Crippen LogP contribution >= 0.6 is 78.9 Å². The van der Waals surface area contributed by atoms with E-state index in [1.165, 1.54) is 0 Å². The van der Waals surface area contributed by atoms with E-state index in [0.717, 1.165) is 55.8 Å². The minimum absolute atomic E-state index is 0.0587. The second kappa shape index (κ2) is 18.0. The van der Waals surface area contributed by atoms with Crippen LogP contribution in [0.25, 0.3) is 0 Å². The monoisotopic (exact) mass is 802 g/mol. The molecule has 0 bridgehead atoms. The molecule has 0 aliphatic carbocycles. The van der Waals surface area contributed by atoms with E-state index in [0.29, 0.717) is 42.0 Å². The Hall–Kier alpha value is 1.44. The van der Waals surface area contributed by atoms with Crippen LogP contribution in [0.15, 0.2) is 21.1 Å². The number of alkyl halides is 2. The van der Waals surface area contributed by atoms with Gasteiger partial charge in [0, 0.05) is 14.5 Å². The molecule has 0 saturated carbocycles. The zero-order chi connectivity index (χ0) is 27.2. The molecule has 1 rings (SSSR count). The molecule has 12 heteroatoms. The van der Waals surface area contributed by atoms with Crippen LogP contribution in [0.2, 0.25) is 0 Å². The van der Waals surface area contributed by atoms with E-state index in [9.17, 15) is 9.13 Å². The van der Waals surface area contributed by atoms with Gasteiger partial charge >= 0.3 is 15.2 Å². The highest BCUT2D eigenvalue weighted by atomic mass is 79.9. The first kappa shape index (κ1) is 35.5. The van der Waals surface area contributed by atoms with Gasteiger partial charge < -0.3 is 18.1 Å². The largest absolute Gasteiger partial charge is 0.362 e. The van der Waals surface area contributed by atoms with Crippen LogP contribution in [-0.4, -0.2) is 26.4 Å². The van der Waals surface area contributed by atoms with Crippen LogP contribution in [0.5, 0.6) is 0 Å². The Morgan fingerprint density at radius 1 is 0.722 bits per heavy atom. The standard InChI is InChI=1S/C24H40Br4O6P2/c1-5-9-15-31-35(29,32-16-10-6-2)19-20-22(25)14-13-21(23(20)26)24(27,28)36(30,33-17-11-7-3)34-18-12-8-4/h13-14H,5-12,15-19H2,1-4H3. The molecule has 0 radical (unpaired) electrons. The lowest BCUT2D eigenvalue weighted by atomic mass is 10.1. The van der Waals surface area contributed by atoms with Gasteiger partial charge in [0.25, 0.3) is 0 Å². The normalized spacial score (nSPS) is 12.9. The van der Waals surface area contributed by atoms with Gasteiger partial charge in [0.05, 0.1) is 32.6 Å². The molecule has 0 unspecified atom stereocenters. The zero-order valence-corrected chi connectivity index (χ0v) is 29.8. The van der Waals surface area contributed by atoms with Crippen molar-refractivity contribution < 1.29 is 27.2 Å². The molecule has 0 spiro atoms. The fourth-order valence-electron chi connectivity index (χ4n) is 3.00. The van der Waals surface area contributed by atoms with Gasteiger partial charge in [-0.25, -0.2) is 0 Å². The third-order valence-electron chi connectivity index (χ3n) is 5.30. The molecule has 0 amide bonds. The first-order valence-electron chi connectivity index (χ1n) is 12.6. The fraction of sp³-hybridized carbons (Fsp3) is 0.750. The van der Waals surface area contributed by atoms with Crippen molar-refractivity contribution in [2.75, 3.05) is 26.4 Å². The molecule has 36 heavy (non-hydrogen) atoms. The molecule has 0 atom stereocenters. The van der Waals surface area contributed by atoms with Gasteiger partial charge in [0.1, 0.15) is 0 Å². The van der Waals surface area contributed by atoms with Crippen molar-refractivity contribution in [3.8, 4) is 0 Å². The Labute approximate surface area is 251 Å². The predicted molar refractivity (Wildman–Crippen MR) is 164 cm³/mol. The van der Waals surface area contributed by atoms with Gasteiger partial charge in [0.15, 0.2) is 0 Å². The van der Waals surface area contributed by atoms with Crippen molar-refractivity contribution >= 4 is 78.9 Å². The SMILES string of the molecule is CCCCOP(=O)(Cc1c(Br)ccc(C(Br)(Br)P(=O)(OCCCC)OCCCC)c1Br)OCCCC. The fourth-order valence-corrected chi connectivity index (χ4v) is 10.9. The van der Waals surface area contributed by atoms with E-state index < -0.39 is 18.2 Å². The smallest absolute Gasteiger partial charge is 0.308 e. The van der Waals surface area contributed by atoms with Gasteiger partial charge in [-0.2, -0.15) is 0 Å². The van der Waals surface area contributed by atoms with E-state index in [4.69, 9.17) is 18.1 Å². The van der Waals surface area contributed by atoms with Crippen LogP contribution < -0.4 is 0 Å². The first-order chi connectivity index (χ1) is 17.0. The number of rotatable bonds is 20. The molecule has 210 valence electrons. The zero-order valence-electron chi connectivity index (χ0n) is 21.7. The molecular weight excluding hydrogens is 766 g/mol. The van der Waals surface area contributed by atoms with Crippen molar-refractivity contribution in [1.29, 1.82) is 0 Å². The summed E-state index contributed by atoms with van der Waals surface area (Å²) in [7, 11) is -7.14. The quantitative estimate of drug-likeness (QED) is 0.0743. The summed E-state index contributed by atoms with van der Waals surface area (Å²) in [5.74, 6) is 0. The summed E-state index contributed by atoms with van der Waals surface area (Å²) >= 11 is 14.5. The van der Waals surface area contributed by atoms with E-state index in [1.54, 1.807) is 0 Å². The highest BCUT2D eigenvalue weighted by molar-refractivity contribution is 9.26. The summed E-state index contributed by atoms with van der Waals surface area (Å²) in [6.07, 6.45) is 6.84. The van der Waals surface area contributed by atoms with Crippen LogP contribution in [-0.2, 0) is 36.4 Å². The molecular formula is C24H40Br4O6P2. The topological polar surface area (TPSA) is 71.1 Å². The number of hydrogen-bond donors (Lipinski definition) is 0. The number of hydrogen-bond acceptors (Lipinski definition) is 6. The minimum atomic E-state index is -3.70. The molecule has 6 nitrogen and oxygen atoms in total. The molecule has 0 saturated heterocycles. The summed E-state index contributed by atoms with van der Waals surface area (Å²) in [5.41, 5.74) is 1.30. The predicted octanol–water partition coefficient (Wildman–Crippen LogP) is 11.3. The van der Waals surface area contributed by atoms with Crippen molar-refractivity contribution in [2.45, 2.75) is 88.2 Å². The second-order valence-corrected chi connectivity index (χ2v) is 19.0. The molecule has 1 aromatic carbocycles. The third kappa shape index (κ3) is 10.8. The average molecular weight is 806 g/mol. The maximum absolute atomic E-state index is 14.1. The lowest BCUT2D eigenvalue weighted by molar-refractivity contribution is 0.197.